The lowest BCUT2D eigenvalue weighted by atomic mass is 10.1. The summed E-state index contributed by atoms with van der Waals surface area (Å²) in [5.41, 5.74) is 2.39. The number of hydrogen-bond donors (Lipinski definition) is 1. The Morgan fingerprint density at radius 1 is 1.14 bits per heavy atom. The van der Waals surface area contributed by atoms with Crippen molar-refractivity contribution in [2.24, 2.45) is 4.99 Å². The number of rotatable bonds is 7. The average Bonchev–Trinajstić information content (AvgIpc) is 3.17. The second kappa shape index (κ2) is 9.95. The Balaban J connectivity index is 1.97. The summed E-state index contributed by atoms with van der Waals surface area (Å²) in [7, 11) is 1.59. The molecule has 0 unspecified atom stereocenters. The van der Waals surface area contributed by atoms with Crippen LogP contribution >= 0.6 is 11.3 Å². The Morgan fingerprint density at radius 2 is 1.86 bits per heavy atom. The summed E-state index contributed by atoms with van der Waals surface area (Å²) >= 11 is 1.32. The maximum atomic E-state index is 13.0. The lowest BCUT2D eigenvalue weighted by Gasteiger charge is -2.19. The molecule has 0 saturated carbocycles. The quantitative estimate of drug-likeness (QED) is 0.610. The molecule has 0 aliphatic carbocycles. The van der Waals surface area contributed by atoms with Crippen molar-refractivity contribution in [3.8, 4) is 0 Å². The number of carbonyl (C=O) groups excluding carboxylic acids is 2. The zero-order chi connectivity index (χ0) is 20.6. The third-order valence-corrected chi connectivity index (χ3v) is 5.13. The highest BCUT2D eigenvalue weighted by atomic mass is 32.1. The maximum Gasteiger partial charge on any atom is 0.279 e. The molecule has 2 amide bonds. The first-order valence-electron chi connectivity index (χ1n) is 9.23. The molecule has 0 aliphatic heterocycles. The number of benzene rings is 2. The van der Waals surface area contributed by atoms with Gasteiger partial charge in [-0.15, -0.1) is 11.3 Å². The van der Waals surface area contributed by atoms with E-state index in [0.29, 0.717) is 23.5 Å². The molecule has 0 bridgehead atoms. The molecule has 1 N–H and O–H groups in total. The summed E-state index contributed by atoms with van der Waals surface area (Å²) in [6.07, 6.45) is 1.78. The number of aryl methyl sites for hydroxylation is 1. The van der Waals surface area contributed by atoms with Gasteiger partial charge in [-0.1, -0.05) is 48.0 Å². The zero-order valence-electron chi connectivity index (χ0n) is 16.4. The molecule has 6 nitrogen and oxygen atoms in total. The van der Waals surface area contributed by atoms with Crippen LogP contribution in [-0.4, -0.2) is 36.6 Å². The Kier molecular flexibility index (Phi) is 7.10. The number of thiazole rings is 1. The van der Waals surface area contributed by atoms with Crippen molar-refractivity contribution in [1.82, 2.24) is 9.88 Å². The van der Waals surface area contributed by atoms with Gasteiger partial charge in [0.25, 0.3) is 5.91 Å². The van der Waals surface area contributed by atoms with Crippen molar-refractivity contribution in [1.29, 1.82) is 0 Å². The summed E-state index contributed by atoms with van der Waals surface area (Å²) in [6, 6.07) is 16.1. The Hall–Kier alpha value is -3.03. The molecule has 3 aromatic rings. The highest BCUT2D eigenvalue weighted by Crippen LogP contribution is 2.18. The normalized spacial score (nSPS) is 12.6. The number of amides is 2. The molecule has 150 valence electrons. The Bertz CT molecular complexity index is 1020. The molecule has 7 heteroatoms. The first-order valence-corrected chi connectivity index (χ1v) is 10.1. The van der Waals surface area contributed by atoms with Gasteiger partial charge >= 0.3 is 0 Å². The molecule has 1 heterocycles. The van der Waals surface area contributed by atoms with E-state index >= 15 is 0 Å². The number of ether oxygens (including phenoxy) is 1. The number of nitrogens with zero attached hydrogens (tertiary/aromatic N) is 2. The third kappa shape index (κ3) is 5.28. The van der Waals surface area contributed by atoms with Gasteiger partial charge in [0, 0.05) is 30.8 Å². The SMILES string of the molecule is COCCNC(=O)[C@@H](c1ccccc1)n1ccsc1=NC(=O)c1ccc(C)cc1. The van der Waals surface area contributed by atoms with E-state index < -0.39 is 6.04 Å². The van der Waals surface area contributed by atoms with E-state index in [1.165, 1.54) is 11.3 Å². The average molecular weight is 410 g/mol. The minimum absolute atomic E-state index is 0.184. The molecule has 2 aromatic carbocycles. The van der Waals surface area contributed by atoms with Crippen LogP contribution in [0.5, 0.6) is 0 Å². The predicted molar refractivity (Wildman–Crippen MR) is 113 cm³/mol. The van der Waals surface area contributed by atoms with Gasteiger partial charge < -0.3 is 14.6 Å². The van der Waals surface area contributed by atoms with Gasteiger partial charge in [-0.3, -0.25) is 9.59 Å². The fourth-order valence-corrected chi connectivity index (χ4v) is 3.59. The molecule has 1 aromatic heterocycles. The first-order chi connectivity index (χ1) is 14.1. The maximum absolute atomic E-state index is 13.0. The molecule has 0 radical (unpaired) electrons. The third-order valence-electron chi connectivity index (χ3n) is 4.36. The fraction of sp³-hybridized carbons (Fsp3) is 0.227. The van der Waals surface area contributed by atoms with E-state index in [4.69, 9.17) is 4.74 Å². The van der Waals surface area contributed by atoms with Crippen molar-refractivity contribution < 1.29 is 14.3 Å². The van der Waals surface area contributed by atoms with Crippen LogP contribution < -0.4 is 10.1 Å². The van der Waals surface area contributed by atoms with Crippen LogP contribution in [0.1, 0.15) is 27.5 Å². The van der Waals surface area contributed by atoms with Crippen LogP contribution in [0.25, 0.3) is 0 Å². The molecule has 0 fully saturated rings. The predicted octanol–water partition coefficient (Wildman–Crippen LogP) is 2.95. The van der Waals surface area contributed by atoms with E-state index in [2.05, 4.69) is 10.3 Å². The summed E-state index contributed by atoms with van der Waals surface area (Å²) in [5, 5.41) is 4.70. The van der Waals surface area contributed by atoms with Gasteiger partial charge in [-0.2, -0.15) is 4.99 Å². The number of hydrogen-bond acceptors (Lipinski definition) is 4. The van der Waals surface area contributed by atoms with Crippen LogP contribution in [0.15, 0.2) is 71.2 Å². The fourth-order valence-electron chi connectivity index (χ4n) is 2.86. The summed E-state index contributed by atoms with van der Waals surface area (Å²) in [5.74, 6) is -0.524. The minimum Gasteiger partial charge on any atom is -0.383 e. The minimum atomic E-state index is -0.635. The van der Waals surface area contributed by atoms with E-state index in [0.717, 1.165) is 11.1 Å². The van der Waals surface area contributed by atoms with Crippen LogP contribution in [-0.2, 0) is 9.53 Å². The number of carbonyl (C=O) groups is 2. The Labute approximate surface area is 173 Å². The van der Waals surface area contributed by atoms with Crippen LogP contribution in [0, 0.1) is 6.92 Å². The van der Waals surface area contributed by atoms with Crippen molar-refractivity contribution in [3.05, 3.63) is 87.7 Å². The van der Waals surface area contributed by atoms with Crippen LogP contribution in [0.2, 0.25) is 0 Å². The molecular weight excluding hydrogens is 386 g/mol. The number of nitrogens with one attached hydrogen (secondary N) is 1. The molecule has 0 spiro atoms. The standard InChI is InChI=1S/C22H23N3O3S/c1-16-8-10-18(11-9-16)20(26)24-22-25(13-15-29-22)19(17-6-4-3-5-7-17)21(27)23-12-14-28-2/h3-11,13,15,19H,12,14H2,1-2H3,(H,23,27)/t19-/m1/s1. The first kappa shape index (κ1) is 20.7. The Morgan fingerprint density at radius 3 is 2.55 bits per heavy atom. The van der Waals surface area contributed by atoms with E-state index in [9.17, 15) is 9.59 Å². The van der Waals surface area contributed by atoms with Gasteiger partial charge in [-0.05, 0) is 24.6 Å². The van der Waals surface area contributed by atoms with Gasteiger partial charge in [-0.25, -0.2) is 0 Å². The highest BCUT2D eigenvalue weighted by molar-refractivity contribution is 7.07. The van der Waals surface area contributed by atoms with Gasteiger partial charge in [0.15, 0.2) is 4.80 Å². The summed E-state index contributed by atoms with van der Waals surface area (Å²) in [6.45, 7) is 2.79. The van der Waals surface area contributed by atoms with Crippen LogP contribution in [0.4, 0.5) is 0 Å². The van der Waals surface area contributed by atoms with Crippen LogP contribution in [0.3, 0.4) is 0 Å². The highest BCUT2D eigenvalue weighted by Gasteiger charge is 2.23. The summed E-state index contributed by atoms with van der Waals surface area (Å²) < 4.78 is 6.75. The van der Waals surface area contributed by atoms with Crippen molar-refractivity contribution in [3.63, 3.8) is 0 Å². The topological polar surface area (TPSA) is 72.7 Å². The van der Waals surface area contributed by atoms with E-state index in [-0.39, 0.29) is 11.8 Å². The second-order valence-electron chi connectivity index (χ2n) is 6.47. The zero-order valence-corrected chi connectivity index (χ0v) is 17.2. The smallest absolute Gasteiger partial charge is 0.279 e. The number of aromatic nitrogens is 1. The van der Waals surface area contributed by atoms with E-state index in [1.54, 1.807) is 30.0 Å². The molecule has 0 saturated heterocycles. The lowest BCUT2D eigenvalue weighted by molar-refractivity contribution is -0.123. The largest absolute Gasteiger partial charge is 0.383 e. The van der Waals surface area contributed by atoms with Gasteiger partial charge in [0.05, 0.1) is 6.61 Å². The molecule has 1 atom stereocenters. The van der Waals surface area contributed by atoms with E-state index in [1.807, 2.05) is 54.8 Å². The molecule has 29 heavy (non-hydrogen) atoms. The number of methoxy groups -OCH3 is 1. The molecular formula is C22H23N3O3S. The van der Waals surface area contributed by atoms with Crippen molar-refractivity contribution in [2.75, 3.05) is 20.3 Å². The van der Waals surface area contributed by atoms with Gasteiger partial charge in [0.1, 0.15) is 6.04 Å². The van der Waals surface area contributed by atoms with Crippen molar-refractivity contribution >= 4 is 23.2 Å². The lowest BCUT2D eigenvalue weighted by Crippen LogP contribution is -2.38. The van der Waals surface area contributed by atoms with Gasteiger partial charge in [0.2, 0.25) is 5.91 Å². The summed E-state index contributed by atoms with van der Waals surface area (Å²) in [4.78, 5) is 30.3. The molecule has 0 aliphatic rings. The monoisotopic (exact) mass is 409 g/mol. The van der Waals surface area contributed by atoms with Crippen molar-refractivity contribution in [2.45, 2.75) is 13.0 Å². The molecule has 3 rings (SSSR count). The second-order valence-corrected chi connectivity index (χ2v) is 7.35.